The summed E-state index contributed by atoms with van der Waals surface area (Å²) in [6, 6.07) is 24.8. The molecule has 7 heteroatoms. The molecule has 1 aliphatic heterocycles. The molecule has 2 atom stereocenters. The third kappa shape index (κ3) is 4.89. The van der Waals surface area contributed by atoms with Crippen molar-refractivity contribution in [2.24, 2.45) is 0 Å². The predicted octanol–water partition coefficient (Wildman–Crippen LogP) is 4.46. The summed E-state index contributed by atoms with van der Waals surface area (Å²) >= 11 is 0. The van der Waals surface area contributed by atoms with Crippen LogP contribution in [0.2, 0.25) is 0 Å². The minimum atomic E-state index is -3.85. The summed E-state index contributed by atoms with van der Waals surface area (Å²) in [4.78, 5) is 15.5. The summed E-state index contributed by atoms with van der Waals surface area (Å²) in [7, 11) is -3.85. The molecule has 1 aliphatic rings. The van der Waals surface area contributed by atoms with Crippen LogP contribution in [0, 0.1) is 6.92 Å². The topological polar surface area (TPSA) is 75.7 Å². The molecule has 0 bridgehead atoms. The minimum Gasteiger partial charge on any atom is -0.465 e. The van der Waals surface area contributed by atoms with E-state index in [-0.39, 0.29) is 17.5 Å². The highest BCUT2D eigenvalue weighted by Gasteiger charge is 2.62. The van der Waals surface area contributed by atoms with Gasteiger partial charge in [-0.05, 0) is 51.0 Å². The Labute approximate surface area is 208 Å². The van der Waals surface area contributed by atoms with Crippen LogP contribution in [0.25, 0.3) is 0 Å². The molecule has 3 aromatic carbocycles. The van der Waals surface area contributed by atoms with Crippen molar-refractivity contribution >= 4 is 16.0 Å². The van der Waals surface area contributed by atoms with E-state index in [2.05, 4.69) is 9.62 Å². The van der Waals surface area contributed by atoms with E-state index < -0.39 is 33.6 Å². The fraction of sp³-hybridized carbons (Fsp3) is 0.321. The van der Waals surface area contributed by atoms with Crippen LogP contribution < -0.4 is 4.72 Å². The van der Waals surface area contributed by atoms with Gasteiger partial charge >= 0.3 is 5.97 Å². The summed E-state index contributed by atoms with van der Waals surface area (Å²) in [5, 5.41) is 0. The van der Waals surface area contributed by atoms with Crippen LogP contribution in [0.15, 0.2) is 89.8 Å². The Morgan fingerprint density at radius 1 is 0.943 bits per heavy atom. The molecule has 0 spiro atoms. The zero-order valence-corrected chi connectivity index (χ0v) is 21.3. The molecule has 1 saturated heterocycles. The first-order valence-corrected chi connectivity index (χ1v) is 13.3. The Morgan fingerprint density at radius 2 is 1.46 bits per heavy atom. The fourth-order valence-corrected chi connectivity index (χ4v) is 6.28. The SMILES string of the molecule is CCOC(=O)[C@@H]1[C@@H](NS(=O)(=O)c2ccc(C)cc2)C(C)(C)N1C(c1ccccc1)c1ccccc1. The van der Waals surface area contributed by atoms with Crippen molar-refractivity contribution in [1.29, 1.82) is 0 Å². The molecule has 0 unspecified atom stereocenters. The van der Waals surface area contributed by atoms with Gasteiger partial charge in [-0.15, -0.1) is 0 Å². The van der Waals surface area contributed by atoms with Crippen LogP contribution >= 0.6 is 0 Å². The standard InChI is InChI=1S/C28H32N2O4S/c1-5-34-27(31)25-26(29-35(32,33)23-18-16-20(2)17-19-23)28(3,4)30(25)24(21-12-8-6-9-13-21)22-14-10-7-11-15-22/h6-19,24-26,29H,5H2,1-4H3/t25-,26+/m0/s1. The minimum absolute atomic E-state index is 0.169. The number of rotatable bonds is 8. The van der Waals surface area contributed by atoms with Crippen molar-refractivity contribution in [2.75, 3.05) is 6.61 Å². The zero-order chi connectivity index (χ0) is 25.2. The molecule has 1 fully saturated rings. The second-order valence-corrected chi connectivity index (χ2v) is 11.1. The molecule has 4 rings (SSSR count). The predicted molar refractivity (Wildman–Crippen MR) is 136 cm³/mol. The maximum atomic E-state index is 13.3. The van der Waals surface area contributed by atoms with Gasteiger partial charge in [-0.3, -0.25) is 9.69 Å². The van der Waals surface area contributed by atoms with Crippen LogP contribution in [0.5, 0.6) is 0 Å². The number of esters is 1. The van der Waals surface area contributed by atoms with Gasteiger partial charge in [0, 0.05) is 5.54 Å². The van der Waals surface area contributed by atoms with Gasteiger partial charge in [0.1, 0.15) is 6.04 Å². The van der Waals surface area contributed by atoms with Gasteiger partial charge in [0.15, 0.2) is 0 Å². The van der Waals surface area contributed by atoms with E-state index in [1.54, 1.807) is 31.2 Å². The third-order valence-corrected chi connectivity index (χ3v) is 8.15. The number of nitrogens with zero attached hydrogens (tertiary/aromatic N) is 1. The number of aryl methyl sites for hydroxylation is 1. The number of nitrogens with one attached hydrogen (secondary N) is 1. The lowest BCUT2D eigenvalue weighted by Gasteiger charge is -2.62. The van der Waals surface area contributed by atoms with Crippen molar-refractivity contribution in [1.82, 2.24) is 9.62 Å². The Kier molecular flexibility index (Phi) is 7.12. The maximum Gasteiger partial charge on any atom is 0.325 e. The molecule has 0 aliphatic carbocycles. The van der Waals surface area contributed by atoms with Gasteiger partial charge in [-0.1, -0.05) is 78.4 Å². The quantitative estimate of drug-likeness (QED) is 0.470. The van der Waals surface area contributed by atoms with E-state index in [1.807, 2.05) is 81.4 Å². The summed E-state index contributed by atoms with van der Waals surface area (Å²) < 4.78 is 34.9. The number of sulfonamides is 1. The Balaban J connectivity index is 1.76. The van der Waals surface area contributed by atoms with Gasteiger partial charge in [-0.2, -0.15) is 0 Å². The van der Waals surface area contributed by atoms with E-state index in [0.717, 1.165) is 16.7 Å². The van der Waals surface area contributed by atoms with E-state index in [4.69, 9.17) is 4.74 Å². The number of likely N-dealkylation sites (tertiary alicyclic amines) is 1. The molecule has 0 amide bonds. The second kappa shape index (κ2) is 9.93. The molecule has 1 heterocycles. The lowest BCUT2D eigenvalue weighted by Crippen LogP contribution is -2.81. The number of carbonyl (C=O) groups excluding carboxylic acids is 1. The fourth-order valence-electron chi connectivity index (χ4n) is 4.90. The van der Waals surface area contributed by atoms with Crippen molar-refractivity contribution < 1.29 is 17.9 Å². The summed E-state index contributed by atoms with van der Waals surface area (Å²) in [6.07, 6.45) is 0. The van der Waals surface area contributed by atoms with Gasteiger partial charge in [0.25, 0.3) is 0 Å². The highest BCUT2D eigenvalue weighted by atomic mass is 32.2. The molecule has 6 nitrogen and oxygen atoms in total. The average Bonchev–Trinajstić information content (AvgIpc) is 2.85. The first-order chi connectivity index (χ1) is 16.7. The molecule has 0 saturated carbocycles. The largest absolute Gasteiger partial charge is 0.465 e. The number of carbonyl (C=O) groups is 1. The van der Waals surface area contributed by atoms with Crippen molar-refractivity contribution in [2.45, 2.75) is 56.3 Å². The number of hydrogen-bond donors (Lipinski definition) is 1. The van der Waals surface area contributed by atoms with Crippen LogP contribution in [0.3, 0.4) is 0 Å². The summed E-state index contributed by atoms with van der Waals surface area (Å²) in [5.74, 6) is -0.444. The van der Waals surface area contributed by atoms with E-state index in [9.17, 15) is 13.2 Å². The number of hydrogen-bond acceptors (Lipinski definition) is 5. The maximum absolute atomic E-state index is 13.3. The highest BCUT2D eigenvalue weighted by Crippen LogP contribution is 2.47. The third-order valence-electron chi connectivity index (χ3n) is 6.69. The van der Waals surface area contributed by atoms with Crippen LogP contribution in [0.4, 0.5) is 0 Å². The Morgan fingerprint density at radius 3 is 1.94 bits per heavy atom. The number of benzene rings is 3. The molecular formula is C28H32N2O4S. The summed E-state index contributed by atoms with van der Waals surface area (Å²) in [5.41, 5.74) is 2.31. The van der Waals surface area contributed by atoms with Crippen molar-refractivity contribution in [3.05, 3.63) is 102 Å². The van der Waals surface area contributed by atoms with Crippen LogP contribution in [-0.2, 0) is 19.6 Å². The van der Waals surface area contributed by atoms with E-state index in [0.29, 0.717) is 0 Å². The summed E-state index contributed by atoms with van der Waals surface area (Å²) in [6.45, 7) is 7.79. The molecule has 184 valence electrons. The van der Waals surface area contributed by atoms with Gasteiger partial charge in [-0.25, -0.2) is 13.1 Å². The van der Waals surface area contributed by atoms with E-state index in [1.165, 1.54) is 0 Å². The molecule has 1 N–H and O–H groups in total. The van der Waals surface area contributed by atoms with Crippen molar-refractivity contribution in [3.63, 3.8) is 0 Å². The lowest BCUT2D eigenvalue weighted by molar-refractivity contribution is -0.175. The first kappa shape index (κ1) is 25.1. The molecule has 0 aromatic heterocycles. The first-order valence-electron chi connectivity index (χ1n) is 11.8. The van der Waals surface area contributed by atoms with Crippen molar-refractivity contribution in [3.8, 4) is 0 Å². The normalized spacial score (nSPS) is 19.8. The zero-order valence-electron chi connectivity index (χ0n) is 20.5. The molecule has 35 heavy (non-hydrogen) atoms. The second-order valence-electron chi connectivity index (χ2n) is 9.39. The smallest absolute Gasteiger partial charge is 0.325 e. The Bertz CT molecular complexity index is 1220. The lowest BCUT2D eigenvalue weighted by atomic mass is 9.73. The van der Waals surface area contributed by atoms with Gasteiger partial charge in [0.2, 0.25) is 10.0 Å². The number of ether oxygens (including phenoxy) is 1. The van der Waals surface area contributed by atoms with Crippen LogP contribution in [-0.4, -0.2) is 43.5 Å². The molecular weight excluding hydrogens is 460 g/mol. The highest BCUT2D eigenvalue weighted by molar-refractivity contribution is 7.89. The van der Waals surface area contributed by atoms with Gasteiger partial charge in [0.05, 0.1) is 23.6 Å². The molecule has 3 aromatic rings. The molecule has 0 radical (unpaired) electrons. The Hall–Kier alpha value is -3.00. The monoisotopic (exact) mass is 492 g/mol. The van der Waals surface area contributed by atoms with Gasteiger partial charge < -0.3 is 4.74 Å². The van der Waals surface area contributed by atoms with E-state index >= 15 is 0 Å². The van der Waals surface area contributed by atoms with Crippen LogP contribution in [0.1, 0.15) is 43.5 Å². The average molecular weight is 493 g/mol.